The van der Waals surface area contributed by atoms with Gasteiger partial charge < -0.3 is 4.74 Å². The Morgan fingerprint density at radius 2 is 1.95 bits per heavy atom. The van der Waals surface area contributed by atoms with Crippen LogP contribution in [0.5, 0.6) is 0 Å². The molecule has 0 saturated carbocycles. The number of ether oxygens (including phenoxy) is 1. The van der Waals surface area contributed by atoms with Crippen molar-refractivity contribution in [1.29, 1.82) is 0 Å². The van der Waals surface area contributed by atoms with Gasteiger partial charge >= 0.3 is 5.97 Å². The molecule has 0 amide bonds. The Balaban J connectivity index is 2.64. The van der Waals surface area contributed by atoms with Crippen molar-refractivity contribution in [2.24, 2.45) is 0 Å². The van der Waals surface area contributed by atoms with Crippen LogP contribution in [0.25, 0.3) is 11.3 Å². The Morgan fingerprint density at radius 1 is 1.26 bits per heavy atom. The van der Waals surface area contributed by atoms with Gasteiger partial charge in [-0.25, -0.2) is 4.79 Å². The molecule has 0 atom stereocenters. The van der Waals surface area contributed by atoms with Crippen molar-refractivity contribution < 1.29 is 9.53 Å². The first kappa shape index (κ1) is 13.6. The van der Waals surface area contributed by atoms with Crippen LogP contribution in [0.2, 0.25) is 5.15 Å². The number of carbonyl (C=O) groups is 1. The van der Waals surface area contributed by atoms with E-state index in [4.69, 9.17) is 16.3 Å². The van der Waals surface area contributed by atoms with Crippen LogP contribution in [0.4, 0.5) is 0 Å². The summed E-state index contributed by atoms with van der Waals surface area (Å²) in [6.45, 7) is 5.75. The van der Waals surface area contributed by atoms with E-state index in [0.717, 1.165) is 27.9 Å². The van der Waals surface area contributed by atoms with Crippen LogP contribution in [0.1, 0.15) is 27.0 Å². The smallest absolute Gasteiger partial charge is 0.338 e. The first-order valence-electron chi connectivity index (χ1n) is 5.86. The number of nitrogens with one attached hydrogen (secondary N) is 1. The standard InChI is InChI=1S/C14H15ClN2O2/c1-7-5-8(2)11(14(18)19-4)6-10(7)12-9(3)13(15)17-16-12/h5-6H,1-4H3,(H,16,17). The topological polar surface area (TPSA) is 55.0 Å². The minimum Gasteiger partial charge on any atom is -0.465 e. The monoisotopic (exact) mass is 278 g/mol. The number of hydrogen-bond acceptors (Lipinski definition) is 3. The summed E-state index contributed by atoms with van der Waals surface area (Å²) in [6.07, 6.45) is 0. The van der Waals surface area contributed by atoms with Gasteiger partial charge in [0.25, 0.3) is 0 Å². The van der Waals surface area contributed by atoms with E-state index in [1.807, 2.05) is 26.8 Å². The summed E-state index contributed by atoms with van der Waals surface area (Å²) in [7, 11) is 1.37. The molecule has 0 bridgehead atoms. The number of carbonyl (C=O) groups excluding carboxylic acids is 1. The predicted octanol–water partition coefficient (Wildman–Crippen LogP) is 3.44. The van der Waals surface area contributed by atoms with E-state index in [1.165, 1.54) is 7.11 Å². The Kier molecular flexibility index (Phi) is 3.62. The summed E-state index contributed by atoms with van der Waals surface area (Å²) in [4.78, 5) is 11.7. The highest BCUT2D eigenvalue weighted by Crippen LogP contribution is 2.30. The van der Waals surface area contributed by atoms with Crippen molar-refractivity contribution in [1.82, 2.24) is 10.2 Å². The van der Waals surface area contributed by atoms with E-state index in [0.29, 0.717) is 10.7 Å². The van der Waals surface area contributed by atoms with Gasteiger partial charge in [-0.2, -0.15) is 5.10 Å². The molecule has 0 saturated heterocycles. The molecular weight excluding hydrogens is 264 g/mol. The van der Waals surface area contributed by atoms with E-state index >= 15 is 0 Å². The van der Waals surface area contributed by atoms with E-state index < -0.39 is 0 Å². The summed E-state index contributed by atoms with van der Waals surface area (Å²) >= 11 is 5.98. The summed E-state index contributed by atoms with van der Waals surface area (Å²) in [6, 6.07) is 3.75. The molecule has 2 rings (SSSR count). The zero-order chi connectivity index (χ0) is 14.2. The fourth-order valence-electron chi connectivity index (χ4n) is 2.08. The van der Waals surface area contributed by atoms with Crippen LogP contribution in [0, 0.1) is 20.8 Å². The van der Waals surface area contributed by atoms with E-state index in [1.54, 1.807) is 6.07 Å². The molecule has 0 aliphatic carbocycles. The number of methoxy groups -OCH3 is 1. The maximum Gasteiger partial charge on any atom is 0.338 e. The maximum absolute atomic E-state index is 11.7. The molecule has 2 aromatic rings. The van der Waals surface area contributed by atoms with Gasteiger partial charge in [-0.3, -0.25) is 5.10 Å². The fraction of sp³-hybridized carbons (Fsp3) is 0.286. The molecular formula is C14H15ClN2O2. The number of esters is 1. The number of aromatic nitrogens is 2. The molecule has 1 aromatic heterocycles. The second-order valence-electron chi connectivity index (χ2n) is 4.48. The Bertz CT molecular complexity index is 647. The number of halogens is 1. The number of hydrogen-bond donors (Lipinski definition) is 1. The molecule has 0 fully saturated rings. The molecule has 0 aliphatic rings. The zero-order valence-corrected chi connectivity index (χ0v) is 12.1. The minimum atomic E-state index is -0.349. The summed E-state index contributed by atoms with van der Waals surface area (Å²) in [5.41, 5.74) is 4.97. The second-order valence-corrected chi connectivity index (χ2v) is 4.86. The van der Waals surface area contributed by atoms with Gasteiger partial charge in [0, 0.05) is 11.1 Å². The molecule has 0 aliphatic heterocycles. The summed E-state index contributed by atoms with van der Waals surface area (Å²) in [5.74, 6) is -0.349. The number of H-pyrrole nitrogens is 1. The van der Waals surface area contributed by atoms with Crippen molar-refractivity contribution in [3.05, 3.63) is 39.5 Å². The lowest BCUT2D eigenvalue weighted by Crippen LogP contribution is -2.05. The molecule has 100 valence electrons. The maximum atomic E-state index is 11.7. The van der Waals surface area contributed by atoms with Gasteiger partial charge in [0.05, 0.1) is 18.4 Å². The highest BCUT2D eigenvalue weighted by molar-refractivity contribution is 6.30. The van der Waals surface area contributed by atoms with Crippen LogP contribution in [-0.4, -0.2) is 23.3 Å². The zero-order valence-electron chi connectivity index (χ0n) is 11.3. The lowest BCUT2D eigenvalue weighted by Gasteiger charge is -2.10. The van der Waals surface area contributed by atoms with Crippen LogP contribution >= 0.6 is 11.6 Å². The molecule has 1 heterocycles. The van der Waals surface area contributed by atoms with E-state index in [-0.39, 0.29) is 5.97 Å². The van der Waals surface area contributed by atoms with Crippen LogP contribution in [0.3, 0.4) is 0 Å². The van der Waals surface area contributed by atoms with Crippen molar-refractivity contribution >= 4 is 17.6 Å². The minimum absolute atomic E-state index is 0.349. The van der Waals surface area contributed by atoms with Crippen molar-refractivity contribution in [2.75, 3.05) is 7.11 Å². The number of rotatable bonds is 2. The van der Waals surface area contributed by atoms with Gasteiger partial charge in [0.1, 0.15) is 5.15 Å². The predicted molar refractivity (Wildman–Crippen MR) is 74.6 cm³/mol. The van der Waals surface area contributed by atoms with Gasteiger partial charge in [0.2, 0.25) is 0 Å². The average Bonchev–Trinajstić information content (AvgIpc) is 2.70. The van der Waals surface area contributed by atoms with Crippen LogP contribution in [-0.2, 0) is 4.74 Å². The lowest BCUT2D eigenvalue weighted by molar-refractivity contribution is 0.0600. The summed E-state index contributed by atoms with van der Waals surface area (Å²) < 4.78 is 4.79. The quantitative estimate of drug-likeness (QED) is 0.856. The Morgan fingerprint density at radius 3 is 2.47 bits per heavy atom. The van der Waals surface area contributed by atoms with Gasteiger partial charge in [-0.15, -0.1) is 0 Å². The third kappa shape index (κ3) is 2.36. The first-order valence-corrected chi connectivity index (χ1v) is 6.24. The Labute approximate surface area is 116 Å². The van der Waals surface area contributed by atoms with Crippen LogP contribution < -0.4 is 0 Å². The van der Waals surface area contributed by atoms with Crippen molar-refractivity contribution in [3.63, 3.8) is 0 Å². The summed E-state index contributed by atoms with van der Waals surface area (Å²) in [5, 5.41) is 7.44. The highest BCUT2D eigenvalue weighted by atomic mass is 35.5. The van der Waals surface area contributed by atoms with Gasteiger partial charge in [-0.1, -0.05) is 17.7 Å². The normalized spacial score (nSPS) is 10.6. The molecule has 19 heavy (non-hydrogen) atoms. The molecule has 0 spiro atoms. The van der Waals surface area contributed by atoms with Crippen LogP contribution in [0.15, 0.2) is 12.1 Å². The lowest BCUT2D eigenvalue weighted by atomic mass is 9.96. The van der Waals surface area contributed by atoms with E-state index in [2.05, 4.69) is 10.2 Å². The fourth-order valence-corrected chi connectivity index (χ4v) is 2.21. The van der Waals surface area contributed by atoms with Gasteiger partial charge in [-0.05, 0) is 38.0 Å². The molecule has 4 nitrogen and oxygen atoms in total. The number of aromatic amines is 1. The third-order valence-electron chi connectivity index (χ3n) is 3.18. The number of nitrogens with zero attached hydrogens (tertiary/aromatic N) is 1. The Hall–Kier alpha value is -1.81. The molecule has 0 unspecified atom stereocenters. The molecule has 5 heteroatoms. The molecule has 1 N–H and O–H groups in total. The number of benzene rings is 1. The van der Waals surface area contributed by atoms with Crippen molar-refractivity contribution in [2.45, 2.75) is 20.8 Å². The van der Waals surface area contributed by atoms with Gasteiger partial charge in [0.15, 0.2) is 0 Å². The SMILES string of the molecule is COC(=O)c1cc(-c2n[nH]c(Cl)c2C)c(C)cc1C. The second kappa shape index (κ2) is 5.05. The largest absolute Gasteiger partial charge is 0.465 e. The number of aryl methyl sites for hydroxylation is 2. The molecule has 1 aromatic carbocycles. The third-order valence-corrected chi connectivity index (χ3v) is 3.55. The average molecular weight is 279 g/mol. The first-order chi connectivity index (χ1) is 8.95. The van der Waals surface area contributed by atoms with Crippen molar-refractivity contribution in [3.8, 4) is 11.3 Å². The molecule has 0 radical (unpaired) electrons. The van der Waals surface area contributed by atoms with E-state index in [9.17, 15) is 4.79 Å². The highest BCUT2D eigenvalue weighted by Gasteiger charge is 2.17.